The zero-order chi connectivity index (χ0) is 18.4. The predicted molar refractivity (Wildman–Crippen MR) is 107 cm³/mol. The first-order valence-corrected chi connectivity index (χ1v) is 10.2. The van der Waals surface area contributed by atoms with Crippen molar-refractivity contribution in [1.29, 1.82) is 0 Å². The van der Waals surface area contributed by atoms with Crippen LogP contribution >= 0.6 is 34.4 Å². The molecule has 2 aromatic heterocycles. The molecule has 0 unspecified atom stereocenters. The van der Waals surface area contributed by atoms with Gasteiger partial charge in [-0.3, -0.25) is 15.4 Å². The summed E-state index contributed by atoms with van der Waals surface area (Å²) in [6, 6.07) is 10.9. The number of amides is 3. The third kappa shape index (κ3) is 5.55. The summed E-state index contributed by atoms with van der Waals surface area (Å²) in [6.07, 6.45) is 0. The molecule has 0 spiro atoms. The highest BCUT2D eigenvalue weighted by Crippen LogP contribution is 2.26. The Balaban J connectivity index is 1.46. The van der Waals surface area contributed by atoms with E-state index in [2.05, 4.69) is 26.1 Å². The molecule has 3 amide bonds. The van der Waals surface area contributed by atoms with Crippen molar-refractivity contribution in [3.8, 4) is 0 Å². The van der Waals surface area contributed by atoms with Crippen molar-refractivity contribution in [2.24, 2.45) is 0 Å². The third-order valence-corrected chi connectivity index (χ3v) is 5.77. The number of nitrogens with one attached hydrogen (secondary N) is 3. The van der Waals surface area contributed by atoms with Gasteiger partial charge in [0.2, 0.25) is 11.0 Å². The average Bonchev–Trinajstić information content (AvgIpc) is 3.25. The Morgan fingerprint density at radius 3 is 2.77 bits per heavy atom. The van der Waals surface area contributed by atoms with Gasteiger partial charge in [-0.2, -0.15) is 0 Å². The molecule has 7 nitrogen and oxygen atoms in total. The fourth-order valence-corrected chi connectivity index (χ4v) is 4.12. The topological polar surface area (TPSA) is 96.0 Å². The quantitative estimate of drug-likeness (QED) is 0.420. The first kappa shape index (κ1) is 18.4. The number of anilines is 3. The van der Waals surface area contributed by atoms with Crippen molar-refractivity contribution >= 4 is 62.2 Å². The van der Waals surface area contributed by atoms with Crippen molar-refractivity contribution < 1.29 is 9.59 Å². The Morgan fingerprint density at radius 1 is 1.12 bits per heavy atom. The van der Waals surface area contributed by atoms with Crippen LogP contribution in [0.15, 0.2) is 46.1 Å². The maximum Gasteiger partial charge on any atom is 0.326 e. The molecule has 134 valence electrons. The predicted octanol–water partition coefficient (Wildman–Crippen LogP) is 4.28. The molecule has 0 aliphatic rings. The van der Waals surface area contributed by atoms with E-state index in [1.165, 1.54) is 34.4 Å². The van der Waals surface area contributed by atoms with E-state index in [9.17, 15) is 9.59 Å². The summed E-state index contributed by atoms with van der Waals surface area (Å²) in [5.41, 5.74) is 1.84. The molecular formula is C16H15N5O2S3. The first-order valence-electron chi connectivity index (χ1n) is 7.53. The summed E-state index contributed by atoms with van der Waals surface area (Å²) in [7, 11) is 0. The van der Waals surface area contributed by atoms with Gasteiger partial charge in [-0.05, 0) is 42.1 Å². The normalized spacial score (nSPS) is 10.3. The molecule has 26 heavy (non-hydrogen) atoms. The van der Waals surface area contributed by atoms with E-state index in [-0.39, 0.29) is 17.7 Å². The van der Waals surface area contributed by atoms with Crippen LogP contribution in [0.25, 0.3) is 0 Å². The van der Waals surface area contributed by atoms with Crippen molar-refractivity contribution in [1.82, 2.24) is 10.2 Å². The number of urea groups is 1. The number of rotatable bonds is 6. The lowest BCUT2D eigenvalue weighted by atomic mass is 10.2. The molecule has 0 atom stereocenters. The van der Waals surface area contributed by atoms with E-state index < -0.39 is 0 Å². The van der Waals surface area contributed by atoms with E-state index in [1.54, 1.807) is 6.07 Å². The van der Waals surface area contributed by atoms with Crippen molar-refractivity contribution in [3.63, 3.8) is 0 Å². The number of hydrogen-bond acceptors (Lipinski definition) is 7. The number of aromatic nitrogens is 2. The van der Waals surface area contributed by atoms with Crippen LogP contribution in [0.5, 0.6) is 0 Å². The van der Waals surface area contributed by atoms with Gasteiger partial charge in [0.1, 0.15) is 0 Å². The lowest BCUT2D eigenvalue weighted by Crippen LogP contribution is -2.18. The Labute approximate surface area is 162 Å². The number of carbonyl (C=O) groups is 2. The maximum atomic E-state index is 12.0. The van der Waals surface area contributed by atoms with Crippen LogP contribution in [-0.4, -0.2) is 27.9 Å². The Morgan fingerprint density at radius 2 is 2.00 bits per heavy atom. The van der Waals surface area contributed by atoms with E-state index in [0.29, 0.717) is 9.47 Å². The van der Waals surface area contributed by atoms with Gasteiger partial charge >= 0.3 is 6.03 Å². The van der Waals surface area contributed by atoms with Gasteiger partial charge in [0.25, 0.3) is 0 Å². The number of benzene rings is 1. The zero-order valence-corrected chi connectivity index (χ0v) is 16.1. The van der Waals surface area contributed by atoms with Gasteiger partial charge in [-0.15, -0.1) is 21.5 Å². The zero-order valence-electron chi connectivity index (χ0n) is 13.7. The number of thioether (sulfide) groups is 1. The molecule has 0 fully saturated rings. The van der Waals surface area contributed by atoms with Gasteiger partial charge in [0.05, 0.1) is 10.8 Å². The lowest BCUT2D eigenvalue weighted by Gasteiger charge is -2.04. The highest BCUT2D eigenvalue weighted by Gasteiger charge is 2.11. The molecule has 0 aliphatic heterocycles. The highest BCUT2D eigenvalue weighted by molar-refractivity contribution is 8.01. The Kier molecular flexibility index (Phi) is 6.21. The molecule has 3 N–H and O–H groups in total. The molecule has 3 aromatic rings. The fraction of sp³-hybridized carbons (Fsp3) is 0.125. The second-order valence-electron chi connectivity index (χ2n) is 5.14. The van der Waals surface area contributed by atoms with E-state index in [1.807, 2.05) is 42.6 Å². The molecule has 3 rings (SSSR count). The van der Waals surface area contributed by atoms with Crippen LogP contribution < -0.4 is 16.0 Å². The summed E-state index contributed by atoms with van der Waals surface area (Å²) < 4.78 is 0.607. The molecule has 0 saturated carbocycles. The van der Waals surface area contributed by atoms with E-state index in [4.69, 9.17) is 0 Å². The fourth-order valence-electron chi connectivity index (χ4n) is 1.96. The molecule has 2 heterocycles. The van der Waals surface area contributed by atoms with Gasteiger partial charge in [-0.1, -0.05) is 35.2 Å². The summed E-state index contributed by atoms with van der Waals surface area (Å²) in [5.74, 6) is 0.0880. The number of hydrogen-bond donors (Lipinski definition) is 3. The van der Waals surface area contributed by atoms with Crippen LogP contribution in [-0.2, 0) is 4.79 Å². The summed E-state index contributed by atoms with van der Waals surface area (Å²) in [4.78, 5) is 23.8. The van der Waals surface area contributed by atoms with Crippen LogP contribution in [0.2, 0.25) is 0 Å². The molecular weight excluding hydrogens is 390 g/mol. The van der Waals surface area contributed by atoms with E-state index in [0.717, 1.165) is 16.3 Å². The standard InChI is InChI=1S/C16H15N5O2S3/c1-10-4-2-5-11(8-10)17-12(22)9-25-16-21-20-15(26-16)19-14(23)18-13-6-3-7-24-13/h2-8H,9H2,1H3,(H,17,22)(H2,18,19,20,23). The van der Waals surface area contributed by atoms with Gasteiger partial charge < -0.3 is 5.32 Å². The van der Waals surface area contributed by atoms with Crippen LogP contribution in [0.4, 0.5) is 20.6 Å². The van der Waals surface area contributed by atoms with Gasteiger partial charge in [0, 0.05) is 5.69 Å². The lowest BCUT2D eigenvalue weighted by molar-refractivity contribution is -0.113. The summed E-state index contributed by atoms with van der Waals surface area (Å²) >= 11 is 3.91. The highest BCUT2D eigenvalue weighted by atomic mass is 32.2. The van der Waals surface area contributed by atoms with Crippen molar-refractivity contribution in [2.45, 2.75) is 11.3 Å². The smallest absolute Gasteiger partial charge is 0.325 e. The van der Waals surface area contributed by atoms with Crippen LogP contribution in [0.1, 0.15) is 5.56 Å². The molecule has 0 radical (unpaired) electrons. The molecule has 0 bridgehead atoms. The Bertz CT molecular complexity index is 895. The first-order chi connectivity index (χ1) is 12.6. The maximum absolute atomic E-state index is 12.0. The third-order valence-electron chi connectivity index (χ3n) is 3.01. The largest absolute Gasteiger partial charge is 0.326 e. The molecule has 1 aromatic carbocycles. The summed E-state index contributed by atoms with van der Waals surface area (Å²) in [5, 5.41) is 19.0. The Hall–Kier alpha value is -2.43. The number of aryl methyl sites for hydroxylation is 1. The molecule has 0 saturated heterocycles. The summed E-state index contributed by atoms with van der Waals surface area (Å²) in [6.45, 7) is 1.97. The number of nitrogens with zero attached hydrogens (tertiary/aromatic N) is 2. The minimum absolute atomic E-state index is 0.124. The van der Waals surface area contributed by atoms with Crippen LogP contribution in [0.3, 0.4) is 0 Å². The number of carbonyl (C=O) groups excluding carboxylic acids is 2. The van der Waals surface area contributed by atoms with Gasteiger partial charge in [0.15, 0.2) is 4.34 Å². The second-order valence-corrected chi connectivity index (χ2v) is 8.28. The van der Waals surface area contributed by atoms with Crippen LogP contribution in [0, 0.1) is 6.92 Å². The monoisotopic (exact) mass is 405 g/mol. The molecule has 0 aliphatic carbocycles. The van der Waals surface area contributed by atoms with Crippen molar-refractivity contribution in [3.05, 3.63) is 47.3 Å². The second kappa shape index (κ2) is 8.79. The average molecular weight is 406 g/mol. The van der Waals surface area contributed by atoms with Gasteiger partial charge in [-0.25, -0.2) is 4.79 Å². The minimum Gasteiger partial charge on any atom is -0.325 e. The van der Waals surface area contributed by atoms with E-state index >= 15 is 0 Å². The number of thiophene rings is 1. The molecule has 10 heteroatoms. The minimum atomic E-state index is -0.377. The van der Waals surface area contributed by atoms with Crippen molar-refractivity contribution in [2.75, 3.05) is 21.7 Å². The SMILES string of the molecule is Cc1cccc(NC(=O)CSc2nnc(NC(=O)Nc3cccs3)s2)c1.